The van der Waals surface area contributed by atoms with Gasteiger partial charge in [0.05, 0.1) is 12.2 Å². The normalized spacial score (nSPS) is 21.5. The minimum Gasteiger partial charge on any atom is -0.461 e. The molecule has 6 nitrogen and oxygen atoms in total. The van der Waals surface area contributed by atoms with E-state index in [0.717, 1.165) is 69.5 Å². The summed E-state index contributed by atoms with van der Waals surface area (Å²) >= 11 is 0. The van der Waals surface area contributed by atoms with Gasteiger partial charge in [0.25, 0.3) is 0 Å². The van der Waals surface area contributed by atoms with Crippen LogP contribution in [0.25, 0.3) is 0 Å². The van der Waals surface area contributed by atoms with Crippen LogP contribution < -0.4 is 5.32 Å². The van der Waals surface area contributed by atoms with Crippen molar-refractivity contribution in [3.05, 3.63) is 88.5 Å². The molecule has 244 valence electrons. The number of aryl methyl sites for hydroxylation is 1. The molecule has 1 N–H and O–H groups in total. The highest BCUT2D eigenvalue weighted by molar-refractivity contribution is 5.72. The number of nitrogens with one attached hydrogen (secondary N) is 1. The Kier molecular flexibility index (Phi) is 10.8. The highest BCUT2D eigenvalue weighted by atomic mass is 19.1. The molecule has 45 heavy (non-hydrogen) atoms. The van der Waals surface area contributed by atoms with Gasteiger partial charge in [0, 0.05) is 36.7 Å². The number of esters is 1. The number of benzene rings is 2. The number of piperidine rings is 1. The number of rotatable bonds is 11. The van der Waals surface area contributed by atoms with E-state index in [-0.39, 0.29) is 35.9 Å². The van der Waals surface area contributed by atoms with E-state index in [1.165, 1.54) is 22.9 Å². The second kappa shape index (κ2) is 14.6. The zero-order valence-electron chi connectivity index (χ0n) is 28.2. The third-order valence-corrected chi connectivity index (χ3v) is 9.68. The van der Waals surface area contributed by atoms with E-state index >= 15 is 0 Å². The SMILES string of the molecule is CCn1nc(Cc2ccc(C(C)C)cc2)cc1C1CCN(C[C@H]2C[C@H](OC(=O)CNC(C)(C)C)C[C@@H]2c2cccc(F)c2)CC1. The van der Waals surface area contributed by atoms with E-state index in [9.17, 15) is 9.18 Å². The van der Waals surface area contributed by atoms with Crippen molar-refractivity contribution < 1.29 is 13.9 Å². The van der Waals surface area contributed by atoms with Gasteiger partial charge in [-0.2, -0.15) is 5.10 Å². The van der Waals surface area contributed by atoms with Crippen LogP contribution in [0.3, 0.4) is 0 Å². The number of aromatic nitrogens is 2. The van der Waals surface area contributed by atoms with Crippen LogP contribution in [0.2, 0.25) is 0 Å². The summed E-state index contributed by atoms with van der Waals surface area (Å²) in [7, 11) is 0. The van der Waals surface area contributed by atoms with Crippen LogP contribution in [0.1, 0.15) is 113 Å². The van der Waals surface area contributed by atoms with E-state index in [0.29, 0.717) is 17.8 Å². The van der Waals surface area contributed by atoms with Gasteiger partial charge in [-0.1, -0.05) is 50.2 Å². The van der Waals surface area contributed by atoms with Crippen LogP contribution in [-0.2, 0) is 22.5 Å². The Labute approximate surface area is 269 Å². The average Bonchev–Trinajstić information content (AvgIpc) is 3.60. The van der Waals surface area contributed by atoms with Gasteiger partial charge < -0.3 is 15.0 Å². The number of hydrogen-bond donors (Lipinski definition) is 1. The third kappa shape index (κ3) is 9.04. The van der Waals surface area contributed by atoms with Gasteiger partial charge in [0.15, 0.2) is 0 Å². The van der Waals surface area contributed by atoms with Crippen molar-refractivity contribution in [2.75, 3.05) is 26.2 Å². The van der Waals surface area contributed by atoms with Gasteiger partial charge in [-0.25, -0.2) is 4.39 Å². The van der Waals surface area contributed by atoms with E-state index in [1.807, 2.05) is 26.8 Å². The van der Waals surface area contributed by atoms with Gasteiger partial charge in [-0.15, -0.1) is 0 Å². The molecular weight excluding hydrogens is 563 g/mol. The molecule has 1 aliphatic carbocycles. The topological polar surface area (TPSA) is 59.4 Å². The minimum absolute atomic E-state index is 0.144. The lowest BCUT2D eigenvalue weighted by molar-refractivity contribution is -0.148. The van der Waals surface area contributed by atoms with Crippen LogP contribution in [0.5, 0.6) is 0 Å². The van der Waals surface area contributed by atoms with Crippen molar-refractivity contribution in [1.29, 1.82) is 0 Å². The zero-order valence-corrected chi connectivity index (χ0v) is 28.2. The molecule has 7 heteroatoms. The molecule has 0 radical (unpaired) electrons. The Morgan fingerprint density at radius 3 is 2.44 bits per heavy atom. The molecule has 1 aromatic heterocycles. The third-order valence-electron chi connectivity index (χ3n) is 9.68. The molecular formula is C38H53FN4O2. The van der Waals surface area contributed by atoms with Gasteiger partial charge in [-0.05, 0) is 119 Å². The number of carbonyl (C=O) groups excluding carboxylic acids is 1. The minimum atomic E-state index is -0.214. The van der Waals surface area contributed by atoms with Crippen LogP contribution >= 0.6 is 0 Å². The first-order chi connectivity index (χ1) is 21.5. The fourth-order valence-electron chi connectivity index (χ4n) is 7.21. The van der Waals surface area contributed by atoms with E-state index < -0.39 is 0 Å². The molecule has 2 fully saturated rings. The predicted octanol–water partition coefficient (Wildman–Crippen LogP) is 7.43. The van der Waals surface area contributed by atoms with Crippen molar-refractivity contribution in [3.8, 4) is 0 Å². The molecule has 0 unspecified atom stereocenters. The molecule has 0 bridgehead atoms. The quantitative estimate of drug-likeness (QED) is 0.227. The fourth-order valence-corrected chi connectivity index (χ4v) is 7.21. The molecule has 5 rings (SSSR count). The number of halogens is 1. The number of nitrogens with zero attached hydrogens (tertiary/aromatic N) is 3. The lowest BCUT2D eigenvalue weighted by Gasteiger charge is -2.35. The Morgan fingerprint density at radius 1 is 1.07 bits per heavy atom. The van der Waals surface area contributed by atoms with Crippen LogP contribution in [0.15, 0.2) is 54.6 Å². The lowest BCUT2D eigenvalue weighted by atomic mass is 9.87. The molecule has 1 aliphatic heterocycles. The van der Waals surface area contributed by atoms with Gasteiger partial charge in [-0.3, -0.25) is 9.48 Å². The monoisotopic (exact) mass is 616 g/mol. The van der Waals surface area contributed by atoms with E-state index in [1.54, 1.807) is 12.1 Å². The average molecular weight is 617 g/mol. The van der Waals surface area contributed by atoms with E-state index in [2.05, 4.69) is 66.0 Å². The molecule has 2 aromatic carbocycles. The summed E-state index contributed by atoms with van der Waals surface area (Å²) < 4.78 is 22.4. The van der Waals surface area contributed by atoms with Crippen molar-refractivity contribution in [2.24, 2.45) is 5.92 Å². The highest BCUT2D eigenvalue weighted by Crippen LogP contribution is 2.42. The summed E-state index contributed by atoms with van der Waals surface area (Å²) in [6.07, 6.45) is 4.47. The summed E-state index contributed by atoms with van der Waals surface area (Å²) in [5.74, 6) is 1.10. The standard InChI is InChI=1S/C38H53FN4O2/c1-7-43-36(22-33(41-43)19-27-11-13-28(14-12-27)26(2)3)29-15-17-42(18-16-29)25-31-21-34(45-37(44)24-40-38(4,5)6)23-35(31)30-9-8-10-32(39)20-30/h8-14,20,22,26,29,31,34-35,40H,7,15-19,21,23-25H2,1-6H3/t31-,34+,35-/m1/s1. The summed E-state index contributed by atoms with van der Waals surface area (Å²) in [6.45, 7) is 16.8. The maximum absolute atomic E-state index is 14.2. The molecule has 2 heterocycles. The maximum atomic E-state index is 14.2. The predicted molar refractivity (Wildman–Crippen MR) is 179 cm³/mol. The zero-order chi connectivity index (χ0) is 32.1. The fraction of sp³-hybridized carbons (Fsp3) is 0.579. The second-order valence-corrected chi connectivity index (χ2v) is 14.6. The van der Waals surface area contributed by atoms with Crippen molar-refractivity contribution >= 4 is 5.97 Å². The van der Waals surface area contributed by atoms with Crippen molar-refractivity contribution in [2.45, 2.75) is 110 Å². The Balaban J connectivity index is 1.20. The summed E-state index contributed by atoms with van der Waals surface area (Å²) in [4.78, 5) is 15.2. The van der Waals surface area contributed by atoms with Crippen LogP contribution in [-0.4, -0.2) is 58.5 Å². The van der Waals surface area contributed by atoms with Crippen LogP contribution in [0, 0.1) is 11.7 Å². The Hall–Kier alpha value is -3.03. The molecule has 3 aromatic rings. The lowest BCUT2D eigenvalue weighted by Crippen LogP contribution is -2.40. The van der Waals surface area contributed by atoms with Gasteiger partial charge in [0.2, 0.25) is 0 Å². The molecule has 1 saturated carbocycles. The first-order valence-corrected chi connectivity index (χ1v) is 17.0. The maximum Gasteiger partial charge on any atom is 0.320 e. The number of ether oxygens (including phenoxy) is 1. The number of carbonyl (C=O) groups is 1. The Bertz CT molecular complexity index is 1400. The van der Waals surface area contributed by atoms with Gasteiger partial charge >= 0.3 is 5.97 Å². The number of likely N-dealkylation sites (tertiary alicyclic amines) is 1. The number of hydrogen-bond acceptors (Lipinski definition) is 5. The molecule has 2 aliphatic rings. The summed E-state index contributed by atoms with van der Waals surface area (Å²) in [5.41, 5.74) is 6.05. The Morgan fingerprint density at radius 2 is 1.80 bits per heavy atom. The van der Waals surface area contributed by atoms with Crippen molar-refractivity contribution in [1.82, 2.24) is 20.0 Å². The molecule has 0 amide bonds. The van der Waals surface area contributed by atoms with E-state index in [4.69, 9.17) is 9.84 Å². The smallest absolute Gasteiger partial charge is 0.320 e. The van der Waals surface area contributed by atoms with Crippen molar-refractivity contribution in [3.63, 3.8) is 0 Å². The summed E-state index contributed by atoms with van der Waals surface area (Å²) in [6, 6.07) is 18.3. The highest BCUT2D eigenvalue weighted by Gasteiger charge is 2.39. The summed E-state index contributed by atoms with van der Waals surface area (Å²) in [5, 5.41) is 8.22. The van der Waals surface area contributed by atoms with Crippen LogP contribution in [0.4, 0.5) is 4.39 Å². The molecule has 1 saturated heterocycles. The van der Waals surface area contributed by atoms with Gasteiger partial charge in [0.1, 0.15) is 11.9 Å². The first kappa shape index (κ1) is 33.3. The largest absolute Gasteiger partial charge is 0.461 e. The molecule has 3 atom stereocenters. The molecule has 0 spiro atoms. The second-order valence-electron chi connectivity index (χ2n) is 14.6. The first-order valence-electron chi connectivity index (χ1n) is 17.0.